The van der Waals surface area contributed by atoms with Crippen molar-refractivity contribution in [3.63, 3.8) is 0 Å². The first-order valence-electron chi connectivity index (χ1n) is 8.44. The Morgan fingerprint density at radius 3 is 2.77 bits per heavy atom. The number of hydrogen-bond donors (Lipinski definition) is 1. The second-order valence-electron chi connectivity index (χ2n) is 6.10. The van der Waals surface area contributed by atoms with Gasteiger partial charge in [-0.05, 0) is 29.8 Å². The molecule has 0 fully saturated rings. The first kappa shape index (κ1) is 16.0. The van der Waals surface area contributed by atoms with Crippen molar-refractivity contribution in [2.45, 2.75) is 13.5 Å². The van der Waals surface area contributed by atoms with E-state index in [1.165, 1.54) is 0 Å². The summed E-state index contributed by atoms with van der Waals surface area (Å²) in [6, 6.07) is 21.9. The molecule has 0 atom stereocenters. The summed E-state index contributed by atoms with van der Waals surface area (Å²) in [4.78, 5) is 16.8. The zero-order chi connectivity index (χ0) is 17.9. The van der Waals surface area contributed by atoms with Crippen LogP contribution in [0.5, 0.6) is 0 Å². The van der Waals surface area contributed by atoms with E-state index in [2.05, 4.69) is 27.6 Å². The van der Waals surface area contributed by atoms with Crippen LogP contribution in [0.4, 0.5) is 0 Å². The highest BCUT2D eigenvalue weighted by Gasteiger charge is 2.10. The fourth-order valence-electron chi connectivity index (χ4n) is 3.11. The Morgan fingerprint density at radius 2 is 1.85 bits per heavy atom. The Morgan fingerprint density at radius 1 is 1.08 bits per heavy atom. The number of fused-ring (bicyclic) bond motifs is 2. The van der Waals surface area contributed by atoms with E-state index >= 15 is 0 Å². The summed E-state index contributed by atoms with van der Waals surface area (Å²) in [5, 5.41) is 6.37. The molecule has 0 radical (unpaired) electrons. The monoisotopic (exact) mass is 342 g/mol. The predicted octanol–water partition coefficient (Wildman–Crippen LogP) is 3.65. The van der Waals surface area contributed by atoms with E-state index in [1.54, 1.807) is 6.21 Å². The number of imidazole rings is 1. The van der Waals surface area contributed by atoms with E-state index in [1.807, 2.05) is 66.1 Å². The number of aromatic nitrogens is 2. The Labute approximate surface area is 151 Å². The Bertz CT molecular complexity index is 1120. The average molecular weight is 342 g/mol. The number of carbonyl (C=O) groups is 1. The number of carbonyl (C=O) groups excluding carboxylic acids is 1. The number of aryl methyl sites for hydroxylation is 1. The number of hydrogen-bond acceptors (Lipinski definition) is 3. The summed E-state index contributed by atoms with van der Waals surface area (Å²) in [6.07, 6.45) is 1.68. The molecule has 26 heavy (non-hydrogen) atoms. The fraction of sp³-hybridized carbons (Fsp3) is 0.0952. The number of rotatable bonds is 4. The third-order valence-corrected chi connectivity index (χ3v) is 4.36. The molecular formula is C21H18N4O. The lowest BCUT2D eigenvalue weighted by Crippen LogP contribution is -2.23. The molecule has 0 saturated carbocycles. The molecule has 1 aromatic heterocycles. The molecule has 128 valence electrons. The van der Waals surface area contributed by atoms with Crippen molar-refractivity contribution in [1.82, 2.24) is 15.0 Å². The predicted molar refractivity (Wildman–Crippen MR) is 104 cm³/mol. The third-order valence-electron chi connectivity index (χ3n) is 4.36. The second kappa shape index (κ2) is 6.80. The van der Waals surface area contributed by atoms with Crippen LogP contribution < -0.4 is 5.43 Å². The van der Waals surface area contributed by atoms with Gasteiger partial charge in [0.05, 0.1) is 17.2 Å². The maximum atomic E-state index is 12.3. The van der Waals surface area contributed by atoms with Gasteiger partial charge in [-0.1, -0.05) is 54.6 Å². The minimum Gasteiger partial charge on any atom is -0.319 e. The van der Waals surface area contributed by atoms with Gasteiger partial charge in [0.1, 0.15) is 12.4 Å². The summed E-state index contributed by atoms with van der Waals surface area (Å²) in [5.74, 6) is 0.618. The Balaban J connectivity index is 1.50. The summed E-state index contributed by atoms with van der Waals surface area (Å²) in [5.41, 5.74) is 5.40. The first-order chi connectivity index (χ1) is 12.7. The highest BCUT2D eigenvalue weighted by molar-refractivity contribution is 5.99. The average Bonchev–Trinajstić information content (AvgIpc) is 2.97. The van der Waals surface area contributed by atoms with Gasteiger partial charge in [0, 0.05) is 5.56 Å². The highest BCUT2D eigenvalue weighted by Crippen LogP contribution is 2.17. The molecule has 0 aliphatic carbocycles. The molecular weight excluding hydrogens is 324 g/mol. The molecule has 0 spiro atoms. The van der Waals surface area contributed by atoms with Crippen molar-refractivity contribution in [3.05, 3.63) is 78.1 Å². The van der Waals surface area contributed by atoms with Crippen LogP contribution in [0.15, 0.2) is 71.8 Å². The van der Waals surface area contributed by atoms with Gasteiger partial charge in [-0.2, -0.15) is 5.10 Å². The van der Waals surface area contributed by atoms with Crippen LogP contribution in [0.3, 0.4) is 0 Å². The molecule has 1 heterocycles. The minimum absolute atomic E-state index is 0.180. The SMILES string of the molecule is Cc1nc2ccccc2n1CC(=O)N/N=C/c1cccc2ccccc12. The van der Waals surface area contributed by atoms with Gasteiger partial charge in [-0.25, -0.2) is 10.4 Å². The first-order valence-corrected chi connectivity index (χ1v) is 8.44. The number of para-hydroxylation sites is 2. The standard InChI is InChI=1S/C21H18N4O/c1-15-23-19-11-4-5-12-20(19)25(15)14-21(26)24-22-13-17-9-6-8-16-7-2-3-10-18(16)17/h2-13H,14H2,1H3,(H,24,26)/b22-13+. The molecule has 5 heteroatoms. The highest BCUT2D eigenvalue weighted by atomic mass is 16.2. The zero-order valence-electron chi connectivity index (χ0n) is 14.4. The van der Waals surface area contributed by atoms with Crippen LogP contribution >= 0.6 is 0 Å². The number of hydrazone groups is 1. The lowest BCUT2D eigenvalue weighted by molar-refractivity contribution is -0.121. The van der Waals surface area contributed by atoms with E-state index in [4.69, 9.17) is 0 Å². The van der Waals surface area contributed by atoms with E-state index in [0.29, 0.717) is 0 Å². The maximum Gasteiger partial charge on any atom is 0.260 e. The van der Waals surface area contributed by atoms with E-state index < -0.39 is 0 Å². The van der Waals surface area contributed by atoms with Gasteiger partial charge < -0.3 is 4.57 Å². The quantitative estimate of drug-likeness (QED) is 0.455. The second-order valence-corrected chi connectivity index (χ2v) is 6.10. The minimum atomic E-state index is -0.187. The van der Waals surface area contributed by atoms with Gasteiger partial charge in [0.15, 0.2) is 0 Å². The fourth-order valence-corrected chi connectivity index (χ4v) is 3.11. The Hall–Kier alpha value is -3.47. The molecule has 0 bridgehead atoms. The molecule has 4 rings (SSSR count). The normalized spacial score (nSPS) is 11.4. The van der Waals surface area contributed by atoms with Crippen molar-refractivity contribution < 1.29 is 4.79 Å². The number of benzene rings is 3. The lowest BCUT2D eigenvalue weighted by atomic mass is 10.1. The summed E-state index contributed by atoms with van der Waals surface area (Å²) >= 11 is 0. The summed E-state index contributed by atoms with van der Waals surface area (Å²) in [6.45, 7) is 2.08. The molecule has 0 aliphatic rings. The van der Waals surface area contributed by atoms with Gasteiger partial charge in [0.2, 0.25) is 0 Å². The van der Waals surface area contributed by atoms with Crippen LogP contribution in [0.2, 0.25) is 0 Å². The topological polar surface area (TPSA) is 59.3 Å². The lowest BCUT2D eigenvalue weighted by Gasteiger charge is -2.05. The smallest absolute Gasteiger partial charge is 0.260 e. The van der Waals surface area contributed by atoms with Crippen molar-refractivity contribution in [3.8, 4) is 0 Å². The maximum absolute atomic E-state index is 12.3. The number of amides is 1. The molecule has 4 aromatic rings. The molecule has 1 N–H and O–H groups in total. The van der Waals surface area contributed by atoms with Crippen LogP contribution in [-0.4, -0.2) is 21.7 Å². The van der Waals surface area contributed by atoms with Crippen LogP contribution in [0.25, 0.3) is 21.8 Å². The van der Waals surface area contributed by atoms with Crippen LogP contribution in [0, 0.1) is 6.92 Å². The van der Waals surface area contributed by atoms with E-state index in [-0.39, 0.29) is 12.5 Å². The number of nitrogens with one attached hydrogen (secondary N) is 1. The van der Waals surface area contributed by atoms with Gasteiger partial charge in [-0.3, -0.25) is 4.79 Å². The van der Waals surface area contributed by atoms with Crippen LogP contribution in [0.1, 0.15) is 11.4 Å². The van der Waals surface area contributed by atoms with E-state index in [0.717, 1.165) is 33.2 Å². The zero-order valence-corrected chi connectivity index (χ0v) is 14.4. The largest absolute Gasteiger partial charge is 0.319 e. The van der Waals surface area contributed by atoms with Crippen molar-refractivity contribution in [2.24, 2.45) is 5.10 Å². The molecule has 0 aliphatic heterocycles. The van der Waals surface area contributed by atoms with Crippen LogP contribution in [-0.2, 0) is 11.3 Å². The third kappa shape index (κ3) is 3.07. The molecule has 5 nitrogen and oxygen atoms in total. The molecule has 3 aromatic carbocycles. The summed E-state index contributed by atoms with van der Waals surface area (Å²) in [7, 11) is 0. The molecule has 0 saturated heterocycles. The summed E-state index contributed by atoms with van der Waals surface area (Å²) < 4.78 is 1.89. The Kier molecular flexibility index (Phi) is 4.19. The molecule has 1 amide bonds. The molecule has 0 unspecified atom stereocenters. The van der Waals surface area contributed by atoms with Gasteiger partial charge >= 0.3 is 0 Å². The number of nitrogens with zero attached hydrogens (tertiary/aromatic N) is 3. The van der Waals surface area contributed by atoms with Crippen molar-refractivity contribution in [2.75, 3.05) is 0 Å². The van der Waals surface area contributed by atoms with Crippen molar-refractivity contribution >= 4 is 33.9 Å². The van der Waals surface area contributed by atoms with Crippen molar-refractivity contribution in [1.29, 1.82) is 0 Å². The van der Waals surface area contributed by atoms with Gasteiger partial charge in [-0.15, -0.1) is 0 Å². The van der Waals surface area contributed by atoms with Gasteiger partial charge in [0.25, 0.3) is 5.91 Å². The van der Waals surface area contributed by atoms with E-state index in [9.17, 15) is 4.79 Å².